The molecule has 1 aromatic carbocycles. The fourth-order valence-electron chi connectivity index (χ4n) is 2.60. The Hall–Kier alpha value is -2.11. The average molecular weight is 308 g/mol. The van der Waals surface area contributed by atoms with Crippen molar-refractivity contribution in [1.29, 1.82) is 0 Å². The zero-order chi connectivity index (χ0) is 16.3. The van der Waals surface area contributed by atoms with Gasteiger partial charge >= 0.3 is 12.0 Å². The number of carboxylic acids is 1. The van der Waals surface area contributed by atoms with Gasteiger partial charge in [0.2, 0.25) is 0 Å². The predicted octanol–water partition coefficient (Wildman–Crippen LogP) is 2.70. The fraction of sp³-hybridized carbons (Fsp3) is 0.500. The van der Waals surface area contributed by atoms with Crippen molar-refractivity contribution in [3.63, 3.8) is 0 Å². The zero-order valence-electron chi connectivity index (χ0n) is 12.8. The Morgan fingerprint density at radius 2 is 2.18 bits per heavy atom. The molecule has 0 spiro atoms. The quantitative estimate of drug-likeness (QED) is 0.902. The van der Waals surface area contributed by atoms with Crippen LogP contribution in [0.4, 0.5) is 9.18 Å². The van der Waals surface area contributed by atoms with Crippen LogP contribution in [0.5, 0.6) is 0 Å². The summed E-state index contributed by atoms with van der Waals surface area (Å²) in [6, 6.07) is 4.22. The molecule has 0 aromatic heterocycles. The third-order valence-electron chi connectivity index (χ3n) is 4.09. The number of piperidine rings is 1. The molecule has 0 aliphatic carbocycles. The fourth-order valence-corrected chi connectivity index (χ4v) is 2.60. The molecule has 2 atom stereocenters. The Morgan fingerprint density at radius 1 is 1.45 bits per heavy atom. The summed E-state index contributed by atoms with van der Waals surface area (Å²) in [5.74, 6) is -1.68. The number of urea groups is 1. The molecule has 6 heteroatoms. The number of hydrogen-bond donors (Lipinski definition) is 2. The molecule has 2 N–H and O–H groups in total. The normalized spacial score (nSPS) is 19.6. The Kier molecular flexibility index (Phi) is 5.00. The number of nitrogens with one attached hydrogen (secondary N) is 1. The van der Waals surface area contributed by atoms with Crippen LogP contribution in [0.25, 0.3) is 0 Å². The molecule has 1 fully saturated rings. The van der Waals surface area contributed by atoms with Gasteiger partial charge in [0, 0.05) is 13.1 Å². The number of likely N-dealkylation sites (tertiary alicyclic amines) is 1. The summed E-state index contributed by atoms with van der Waals surface area (Å²) < 4.78 is 13.6. The number of aliphatic carboxylic acids is 1. The summed E-state index contributed by atoms with van der Waals surface area (Å²) >= 11 is 0. The Balaban J connectivity index is 1.98. The van der Waals surface area contributed by atoms with Gasteiger partial charge in [0.25, 0.3) is 0 Å². The molecule has 5 nitrogen and oxygen atoms in total. The minimum atomic E-state index is -0.869. The van der Waals surface area contributed by atoms with Crippen LogP contribution in [-0.4, -0.2) is 35.1 Å². The van der Waals surface area contributed by atoms with Crippen LogP contribution in [0.15, 0.2) is 18.2 Å². The largest absolute Gasteiger partial charge is 0.481 e. The van der Waals surface area contributed by atoms with Crippen molar-refractivity contribution in [2.24, 2.45) is 5.92 Å². The van der Waals surface area contributed by atoms with Gasteiger partial charge < -0.3 is 15.3 Å². The summed E-state index contributed by atoms with van der Waals surface area (Å²) in [6.07, 6.45) is 1.27. The summed E-state index contributed by atoms with van der Waals surface area (Å²) in [6.45, 7) is 4.23. The van der Waals surface area contributed by atoms with Crippen molar-refractivity contribution < 1.29 is 19.1 Å². The van der Waals surface area contributed by atoms with Crippen LogP contribution in [0.3, 0.4) is 0 Å². The van der Waals surface area contributed by atoms with E-state index >= 15 is 0 Å². The topological polar surface area (TPSA) is 69.6 Å². The van der Waals surface area contributed by atoms with E-state index in [-0.39, 0.29) is 24.4 Å². The van der Waals surface area contributed by atoms with Crippen molar-refractivity contribution in [3.8, 4) is 0 Å². The van der Waals surface area contributed by atoms with Crippen LogP contribution in [0, 0.1) is 18.7 Å². The van der Waals surface area contributed by atoms with Crippen molar-refractivity contribution >= 4 is 12.0 Å². The van der Waals surface area contributed by atoms with Gasteiger partial charge in [-0.1, -0.05) is 12.1 Å². The first kappa shape index (κ1) is 16.3. The summed E-state index contributed by atoms with van der Waals surface area (Å²) in [7, 11) is 0. The van der Waals surface area contributed by atoms with E-state index in [9.17, 15) is 14.0 Å². The van der Waals surface area contributed by atoms with E-state index in [4.69, 9.17) is 5.11 Å². The standard InChI is InChI=1S/C16H21FN2O3/c1-10-5-6-12(8-14(10)17)11(2)18-16(22)19-7-3-4-13(9-19)15(20)21/h5-6,8,11,13H,3-4,7,9H2,1-2H3,(H,18,22)(H,20,21). The first-order chi connectivity index (χ1) is 10.4. The van der Waals surface area contributed by atoms with E-state index in [1.54, 1.807) is 26.0 Å². The molecule has 1 aliphatic heterocycles. The number of nitrogens with zero attached hydrogens (tertiary/aromatic N) is 1. The van der Waals surface area contributed by atoms with E-state index in [0.29, 0.717) is 30.5 Å². The lowest BCUT2D eigenvalue weighted by Gasteiger charge is -2.31. The Morgan fingerprint density at radius 3 is 2.82 bits per heavy atom. The maximum Gasteiger partial charge on any atom is 0.317 e. The average Bonchev–Trinajstić information content (AvgIpc) is 2.50. The lowest BCUT2D eigenvalue weighted by molar-refractivity contribution is -0.143. The number of benzene rings is 1. The molecule has 1 heterocycles. The molecule has 1 saturated heterocycles. The number of aryl methyl sites for hydroxylation is 1. The maximum atomic E-state index is 13.6. The minimum Gasteiger partial charge on any atom is -0.481 e. The predicted molar refractivity (Wildman–Crippen MR) is 80.0 cm³/mol. The monoisotopic (exact) mass is 308 g/mol. The van der Waals surface area contributed by atoms with Gasteiger partial charge in [-0.25, -0.2) is 9.18 Å². The van der Waals surface area contributed by atoms with E-state index in [2.05, 4.69) is 5.32 Å². The molecule has 1 aliphatic rings. The second-order valence-corrected chi connectivity index (χ2v) is 5.80. The van der Waals surface area contributed by atoms with Gasteiger partial charge in [-0.2, -0.15) is 0 Å². The number of carbonyl (C=O) groups excluding carboxylic acids is 1. The third kappa shape index (κ3) is 3.75. The first-order valence-electron chi connectivity index (χ1n) is 7.42. The highest BCUT2D eigenvalue weighted by atomic mass is 19.1. The van der Waals surface area contributed by atoms with Gasteiger partial charge in [0.05, 0.1) is 12.0 Å². The van der Waals surface area contributed by atoms with Crippen molar-refractivity contribution in [2.75, 3.05) is 13.1 Å². The van der Waals surface area contributed by atoms with Gasteiger partial charge in [0.1, 0.15) is 5.82 Å². The smallest absolute Gasteiger partial charge is 0.317 e. The molecule has 1 aromatic rings. The second kappa shape index (κ2) is 6.77. The van der Waals surface area contributed by atoms with Crippen LogP contribution in [0.2, 0.25) is 0 Å². The van der Waals surface area contributed by atoms with Crippen molar-refractivity contribution in [3.05, 3.63) is 35.1 Å². The van der Waals surface area contributed by atoms with E-state index < -0.39 is 11.9 Å². The van der Waals surface area contributed by atoms with Crippen LogP contribution >= 0.6 is 0 Å². The van der Waals surface area contributed by atoms with Gasteiger partial charge in [-0.05, 0) is 43.9 Å². The molecule has 2 rings (SSSR count). The summed E-state index contributed by atoms with van der Waals surface area (Å²) in [4.78, 5) is 24.8. The number of carboxylic acid groups (broad SMARTS) is 1. The molecule has 2 unspecified atom stereocenters. The van der Waals surface area contributed by atoms with Crippen LogP contribution in [-0.2, 0) is 4.79 Å². The van der Waals surface area contributed by atoms with E-state index in [1.807, 2.05) is 0 Å². The lowest BCUT2D eigenvalue weighted by Crippen LogP contribution is -2.47. The van der Waals surface area contributed by atoms with Crippen molar-refractivity contribution in [1.82, 2.24) is 10.2 Å². The van der Waals surface area contributed by atoms with Crippen molar-refractivity contribution in [2.45, 2.75) is 32.7 Å². The highest BCUT2D eigenvalue weighted by molar-refractivity contribution is 5.77. The van der Waals surface area contributed by atoms with Gasteiger partial charge in [-0.15, -0.1) is 0 Å². The highest BCUT2D eigenvalue weighted by Crippen LogP contribution is 2.19. The third-order valence-corrected chi connectivity index (χ3v) is 4.09. The number of amides is 2. The number of carbonyl (C=O) groups is 2. The molecular formula is C16H21FN2O3. The molecule has 0 bridgehead atoms. The lowest BCUT2D eigenvalue weighted by atomic mass is 9.98. The maximum absolute atomic E-state index is 13.6. The zero-order valence-corrected chi connectivity index (χ0v) is 12.8. The number of rotatable bonds is 3. The molecule has 120 valence electrons. The number of halogens is 1. The molecule has 0 radical (unpaired) electrons. The second-order valence-electron chi connectivity index (χ2n) is 5.80. The van der Waals surface area contributed by atoms with Gasteiger partial charge in [-0.3, -0.25) is 4.79 Å². The summed E-state index contributed by atoms with van der Waals surface area (Å²) in [5.41, 5.74) is 1.24. The molecule has 2 amide bonds. The Labute approximate surface area is 129 Å². The highest BCUT2D eigenvalue weighted by Gasteiger charge is 2.28. The van der Waals surface area contributed by atoms with Crippen LogP contribution in [0.1, 0.15) is 36.9 Å². The summed E-state index contributed by atoms with van der Waals surface area (Å²) in [5, 5.41) is 11.9. The minimum absolute atomic E-state index is 0.218. The molecular weight excluding hydrogens is 287 g/mol. The van der Waals surface area contributed by atoms with E-state index in [1.165, 1.54) is 11.0 Å². The van der Waals surface area contributed by atoms with Gasteiger partial charge in [0.15, 0.2) is 0 Å². The Bertz CT molecular complexity index is 577. The van der Waals surface area contributed by atoms with E-state index in [0.717, 1.165) is 0 Å². The number of hydrogen-bond acceptors (Lipinski definition) is 2. The molecule has 22 heavy (non-hydrogen) atoms. The first-order valence-corrected chi connectivity index (χ1v) is 7.42. The molecule has 0 saturated carbocycles. The van der Waals surface area contributed by atoms with Crippen LogP contribution < -0.4 is 5.32 Å². The SMILES string of the molecule is Cc1ccc(C(C)NC(=O)N2CCCC(C(=O)O)C2)cc1F.